The van der Waals surface area contributed by atoms with E-state index < -0.39 is 10.0 Å². The maximum atomic E-state index is 13.0. The zero-order valence-electron chi connectivity index (χ0n) is 18.2. The molecular weight excluding hydrogens is 474 g/mol. The normalized spacial score (nSPS) is 15.7. The Balaban J connectivity index is 1.33. The van der Waals surface area contributed by atoms with Crippen molar-refractivity contribution in [3.05, 3.63) is 72.3 Å². The highest BCUT2D eigenvalue weighted by Gasteiger charge is 2.33. The van der Waals surface area contributed by atoms with Crippen LogP contribution in [0.15, 0.2) is 76.0 Å². The van der Waals surface area contributed by atoms with Gasteiger partial charge in [0.05, 0.1) is 23.7 Å². The number of nitrogens with zero attached hydrogens (tertiary/aromatic N) is 2. The van der Waals surface area contributed by atoms with Crippen LogP contribution in [0.4, 0.5) is 11.4 Å². The van der Waals surface area contributed by atoms with E-state index in [2.05, 4.69) is 9.71 Å². The summed E-state index contributed by atoms with van der Waals surface area (Å²) in [6.45, 7) is 2.86. The number of carbonyl (C=O) groups excluding carboxylic acids is 1. The Morgan fingerprint density at radius 1 is 1.09 bits per heavy atom. The molecule has 34 heavy (non-hydrogen) atoms. The van der Waals surface area contributed by atoms with Gasteiger partial charge in [-0.2, -0.15) is 0 Å². The molecule has 8 nitrogen and oxygen atoms in total. The Morgan fingerprint density at radius 2 is 1.85 bits per heavy atom. The number of ether oxygens (including phenoxy) is 2. The second-order valence-electron chi connectivity index (χ2n) is 7.55. The number of hydrogen-bond donors (Lipinski definition) is 1. The van der Waals surface area contributed by atoms with Crippen LogP contribution in [0.25, 0.3) is 0 Å². The first-order valence-electron chi connectivity index (χ1n) is 10.6. The number of amides is 1. The van der Waals surface area contributed by atoms with E-state index in [9.17, 15) is 13.2 Å². The van der Waals surface area contributed by atoms with E-state index in [0.29, 0.717) is 41.1 Å². The molecule has 1 N–H and O–H groups in total. The van der Waals surface area contributed by atoms with Crippen molar-refractivity contribution in [2.24, 2.45) is 4.40 Å². The SMILES string of the molecule is CCOc1ccc(Oc2ccccc2NC(=O)c2ccc3c(c2)SC2=NS(=O)(=O)CCN23)cc1. The van der Waals surface area contributed by atoms with Gasteiger partial charge in [0.2, 0.25) is 0 Å². The summed E-state index contributed by atoms with van der Waals surface area (Å²) in [5.74, 6) is 1.55. The van der Waals surface area contributed by atoms with E-state index in [1.807, 2.05) is 42.2 Å². The number of nitrogens with one attached hydrogen (secondary N) is 1. The molecule has 0 spiro atoms. The fourth-order valence-corrected chi connectivity index (χ4v) is 5.92. The summed E-state index contributed by atoms with van der Waals surface area (Å²) >= 11 is 1.25. The zero-order chi connectivity index (χ0) is 23.7. The Hall–Kier alpha value is -3.50. The van der Waals surface area contributed by atoms with Gasteiger partial charge in [-0.25, -0.2) is 8.42 Å². The van der Waals surface area contributed by atoms with Crippen LogP contribution in [-0.2, 0) is 10.0 Å². The molecule has 2 aliphatic rings. The summed E-state index contributed by atoms with van der Waals surface area (Å²) in [7, 11) is -3.43. The highest BCUT2D eigenvalue weighted by Crippen LogP contribution is 2.42. The van der Waals surface area contributed by atoms with Gasteiger partial charge < -0.3 is 19.7 Å². The van der Waals surface area contributed by atoms with Gasteiger partial charge in [-0.05, 0) is 73.3 Å². The monoisotopic (exact) mass is 495 g/mol. The van der Waals surface area contributed by atoms with Crippen LogP contribution in [-0.4, -0.2) is 38.4 Å². The molecule has 0 saturated heterocycles. The maximum absolute atomic E-state index is 13.0. The Bertz CT molecular complexity index is 1390. The summed E-state index contributed by atoms with van der Waals surface area (Å²) in [5.41, 5.74) is 1.84. The molecule has 2 aliphatic heterocycles. The van der Waals surface area contributed by atoms with Crippen molar-refractivity contribution in [3.8, 4) is 17.2 Å². The Labute approximate surface area is 201 Å². The van der Waals surface area contributed by atoms with Crippen molar-refractivity contribution in [1.29, 1.82) is 0 Å². The number of anilines is 2. The fraction of sp³-hybridized carbons (Fsp3) is 0.167. The van der Waals surface area contributed by atoms with E-state index >= 15 is 0 Å². The molecule has 2 heterocycles. The molecule has 1 amide bonds. The zero-order valence-corrected chi connectivity index (χ0v) is 19.9. The molecule has 0 aliphatic carbocycles. The summed E-state index contributed by atoms with van der Waals surface area (Å²) < 4.78 is 38.9. The van der Waals surface area contributed by atoms with Crippen LogP contribution in [0.2, 0.25) is 0 Å². The number of hydrogen-bond acceptors (Lipinski definition) is 7. The topological polar surface area (TPSA) is 97.3 Å². The molecule has 3 aromatic rings. The van der Waals surface area contributed by atoms with Gasteiger partial charge in [0, 0.05) is 17.0 Å². The molecule has 3 aromatic carbocycles. The van der Waals surface area contributed by atoms with Crippen LogP contribution in [0.3, 0.4) is 0 Å². The molecule has 0 radical (unpaired) electrons. The summed E-state index contributed by atoms with van der Waals surface area (Å²) in [4.78, 5) is 15.7. The van der Waals surface area contributed by atoms with Gasteiger partial charge in [-0.3, -0.25) is 4.79 Å². The molecule has 0 saturated carbocycles. The van der Waals surface area contributed by atoms with Crippen molar-refractivity contribution >= 4 is 44.2 Å². The van der Waals surface area contributed by atoms with Crippen LogP contribution >= 0.6 is 11.8 Å². The molecular formula is C24H21N3O5S2. The third kappa shape index (κ3) is 4.59. The molecule has 0 aromatic heterocycles. The number of amidine groups is 1. The van der Waals surface area contributed by atoms with Crippen LogP contribution < -0.4 is 19.7 Å². The average Bonchev–Trinajstić information content (AvgIpc) is 3.17. The van der Waals surface area contributed by atoms with E-state index in [-0.39, 0.29) is 11.7 Å². The largest absolute Gasteiger partial charge is 0.494 e. The first-order chi connectivity index (χ1) is 16.4. The molecule has 0 unspecified atom stereocenters. The van der Waals surface area contributed by atoms with Crippen LogP contribution in [0.5, 0.6) is 17.2 Å². The van der Waals surface area contributed by atoms with Crippen molar-refractivity contribution in [1.82, 2.24) is 0 Å². The summed E-state index contributed by atoms with van der Waals surface area (Å²) in [6.07, 6.45) is 0. The molecule has 0 atom stereocenters. The molecule has 174 valence electrons. The lowest BCUT2D eigenvalue weighted by atomic mass is 10.1. The second-order valence-corrected chi connectivity index (χ2v) is 10.3. The van der Waals surface area contributed by atoms with Crippen LogP contribution in [0, 0.1) is 0 Å². The third-order valence-corrected chi connectivity index (χ3v) is 7.54. The van der Waals surface area contributed by atoms with Crippen molar-refractivity contribution < 1.29 is 22.7 Å². The minimum Gasteiger partial charge on any atom is -0.494 e. The minimum absolute atomic E-state index is 0.0239. The number of benzene rings is 3. The lowest BCUT2D eigenvalue weighted by Gasteiger charge is -2.22. The van der Waals surface area contributed by atoms with Gasteiger partial charge in [-0.1, -0.05) is 12.1 Å². The van der Waals surface area contributed by atoms with Crippen LogP contribution in [0.1, 0.15) is 17.3 Å². The lowest BCUT2D eigenvalue weighted by Crippen LogP contribution is -2.35. The predicted octanol–water partition coefficient (Wildman–Crippen LogP) is 4.74. The Morgan fingerprint density at radius 3 is 2.65 bits per heavy atom. The third-order valence-electron chi connectivity index (χ3n) is 5.23. The first-order valence-corrected chi connectivity index (χ1v) is 13.1. The van der Waals surface area contributed by atoms with Crippen molar-refractivity contribution in [2.45, 2.75) is 11.8 Å². The number of carbonyl (C=O) groups is 1. The van der Waals surface area contributed by atoms with Crippen molar-refractivity contribution in [2.75, 3.05) is 29.1 Å². The molecule has 0 bridgehead atoms. The minimum atomic E-state index is -3.43. The molecule has 5 rings (SSSR count). The van der Waals surface area contributed by atoms with E-state index in [1.165, 1.54) is 11.8 Å². The lowest BCUT2D eigenvalue weighted by molar-refractivity contribution is 0.102. The van der Waals surface area contributed by atoms with E-state index in [1.54, 1.807) is 36.4 Å². The summed E-state index contributed by atoms with van der Waals surface area (Å²) in [5, 5.41) is 3.33. The van der Waals surface area contributed by atoms with Gasteiger partial charge in [0.1, 0.15) is 11.5 Å². The Kier molecular flexibility index (Phi) is 5.93. The average molecular weight is 496 g/mol. The number of fused-ring (bicyclic) bond motifs is 3. The first kappa shape index (κ1) is 22.3. The van der Waals surface area contributed by atoms with Gasteiger partial charge in [0.25, 0.3) is 15.9 Å². The molecule has 10 heteroatoms. The fourth-order valence-electron chi connectivity index (χ4n) is 3.62. The number of thioether (sulfide) groups is 1. The number of para-hydroxylation sites is 2. The van der Waals surface area contributed by atoms with Gasteiger partial charge in [-0.15, -0.1) is 4.40 Å². The van der Waals surface area contributed by atoms with E-state index in [4.69, 9.17) is 9.47 Å². The number of sulfonamides is 1. The quantitative estimate of drug-likeness (QED) is 0.527. The smallest absolute Gasteiger partial charge is 0.257 e. The molecule has 0 fully saturated rings. The standard InChI is InChI=1S/C24H21N3O5S2/c1-2-31-17-8-10-18(11-9-17)32-21-6-4-3-5-19(21)25-23(28)16-7-12-20-22(15-16)33-24-26-34(29,30)14-13-27(20)24/h3-12,15H,2,13-14H2,1H3,(H,25,28). The van der Waals surface area contributed by atoms with Crippen molar-refractivity contribution in [3.63, 3.8) is 0 Å². The predicted molar refractivity (Wildman–Crippen MR) is 133 cm³/mol. The van der Waals surface area contributed by atoms with Gasteiger partial charge in [0.15, 0.2) is 10.9 Å². The number of rotatable bonds is 6. The maximum Gasteiger partial charge on any atom is 0.257 e. The van der Waals surface area contributed by atoms with Gasteiger partial charge >= 0.3 is 0 Å². The second kappa shape index (κ2) is 9.03. The highest BCUT2D eigenvalue weighted by molar-refractivity contribution is 8.15. The highest BCUT2D eigenvalue weighted by atomic mass is 32.2. The van der Waals surface area contributed by atoms with E-state index in [0.717, 1.165) is 16.3 Å². The summed E-state index contributed by atoms with van der Waals surface area (Å²) in [6, 6.07) is 19.7.